The molecule has 8 heteroatoms. The number of benzene rings is 2. The van der Waals surface area contributed by atoms with Crippen LogP contribution in [0.15, 0.2) is 66.4 Å². The SMILES string of the molecule is C[C@@H](NC(=O)c1ccnc(C2CCOCC2)n1)c1ccc(C(=C2CC3(C2)CN(CC2COC2)C3)c2ccc(F)cc2)cc1. The highest BCUT2D eigenvalue weighted by Crippen LogP contribution is 2.54. The van der Waals surface area contributed by atoms with Crippen LogP contribution < -0.4 is 5.32 Å². The molecule has 224 valence electrons. The Morgan fingerprint density at radius 2 is 1.67 bits per heavy atom. The molecule has 4 fully saturated rings. The van der Waals surface area contributed by atoms with Gasteiger partial charge in [-0.15, -0.1) is 0 Å². The van der Waals surface area contributed by atoms with E-state index in [9.17, 15) is 9.18 Å². The molecule has 1 aliphatic carbocycles. The first-order chi connectivity index (χ1) is 20.9. The number of hydrogen-bond acceptors (Lipinski definition) is 6. The number of allylic oxidation sites excluding steroid dienone is 1. The Bertz CT molecular complexity index is 1480. The summed E-state index contributed by atoms with van der Waals surface area (Å²) in [6.07, 6.45) is 5.59. The van der Waals surface area contributed by atoms with Gasteiger partial charge in [-0.05, 0) is 73.1 Å². The average molecular weight is 583 g/mol. The van der Waals surface area contributed by atoms with Crippen molar-refractivity contribution >= 4 is 11.5 Å². The zero-order chi connectivity index (χ0) is 29.4. The zero-order valence-corrected chi connectivity index (χ0v) is 24.7. The smallest absolute Gasteiger partial charge is 0.270 e. The predicted octanol–water partition coefficient (Wildman–Crippen LogP) is 5.54. The van der Waals surface area contributed by atoms with Crippen LogP contribution in [0.25, 0.3) is 5.57 Å². The summed E-state index contributed by atoms with van der Waals surface area (Å²) in [6, 6.07) is 16.8. The maximum Gasteiger partial charge on any atom is 0.270 e. The molecule has 3 saturated heterocycles. The van der Waals surface area contributed by atoms with Gasteiger partial charge in [0.2, 0.25) is 0 Å². The molecule has 3 aromatic rings. The van der Waals surface area contributed by atoms with E-state index in [0.717, 1.165) is 81.0 Å². The first-order valence-electron chi connectivity index (χ1n) is 15.5. The molecule has 1 N–H and O–H groups in total. The maximum atomic E-state index is 13.8. The summed E-state index contributed by atoms with van der Waals surface area (Å²) in [5.41, 5.74) is 6.61. The summed E-state index contributed by atoms with van der Waals surface area (Å²) in [5.74, 6) is 1.21. The highest BCUT2D eigenvalue weighted by Gasteiger charge is 2.51. The Balaban J connectivity index is 1.04. The van der Waals surface area contributed by atoms with Gasteiger partial charge < -0.3 is 19.7 Å². The van der Waals surface area contributed by atoms with Crippen LogP contribution in [0.4, 0.5) is 4.39 Å². The monoisotopic (exact) mass is 582 g/mol. The Morgan fingerprint density at radius 3 is 2.33 bits per heavy atom. The molecule has 0 bridgehead atoms. The van der Waals surface area contributed by atoms with Gasteiger partial charge in [0.05, 0.1) is 19.3 Å². The standard InChI is InChI=1S/C35H39FN4O3/c1-23(38-34(41)31-10-13-37-33(39-31)28-11-14-42-15-12-28)25-2-4-26(5-3-25)32(27-6-8-30(36)9-7-27)29-16-35(17-29)21-40(22-35)18-24-19-43-20-24/h2-10,13,23-24,28H,11-12,14-22H2,1H3,(H,38,41)/t23-/m1/s1. The second-order valence-electron chi connectivity index (χ2n) is 12.9. The highest BCUT2D eigenvalue weighted by atomic mass is 19.1. The number of hydrogen-bond donors (Lipinski definition) is 1. The van der Waals surface area contributed by atoms with Crippen molar-refractivity contribution in [1.82, 2.24) is 20.2 Å². The van der Waals surface area contributed by atoms with E-state index in [2.05, 4.69) is 44.5 Å². The second kappa shape index (κ2) is 11.9. The fourth-order valence-electron chi connectivity index (χ4n) is 7.18. The number of likely N-dealkylation sites (tertiary alicyclic amines) is 1. The van der Waals surface area contributed by atoms with E-state index < -0.39 is 0 Å². The number of rotatable bonds is 8. The molecule has 43 heavy (non-hydrogen) atoms. The number of ether oxygens (including phenoxy) is 2. The van der Waals surface area contributed by atoms with E-state index in [-0.39, 0.29) is 23.7 Å². The summed E-state index contributed by atoms with van der Waals surface area (Å²) in [4.78, 5) is 24.7. The molecule has 2 aromatic carbocycles. The van der Waals surface area contributed by atoms with E-state index in [1.165, 1.54) is 11.1 Å². The fourth-order valence-corrected chi connectivity index (χ4v) is 7.18. The van der Waals surface area contributed by atoms with Gasteiger partial charge in [0, 0.05) is 56.3 Å². The Kier molecular flexibility index (Phi) is 7.84. The first-order valence-corrected chi connectivity index (χ1v) is 15.5. The van der Waals surface area contributed by atoms with Crippen LogP contribution in [-0.2, 0) is 9.47 Å². The zero-order valence-electron chi connectivity index (χ0n) is 24.7. The van der Waals surface area contributed by atoms with Crippen LogP contribution in [0.1, 0.15) is 77.6 Å². The molecular formula is C35H39FN4O3. The van der Waals surface area contributed by atoms with Crippen LogP contribution in [-0.4, -0.2) is 66.8 Å². The van der Waals surface area contributed by atoms with Crippen molar-refractivity contribution < 1.29 is 18.7 Å². The minimum atomic E-state index is -0.226. The van der Waals surface area contributed by atoms with E-state index in [1.54, 1.807) is 24.4 Å². The third-order valence-corrected chi connectivity index (χ3v) is 9.55. The molecule has 4 heterocycles. The van der Waals surface area contributed by atoms with E-state index in [4.69, 9.17) is 9.47 Å². The summed E-state index contributed by atoms with van der Waals surface area (Å²) in [6.45, 7) is 8.65. The normalized spacial score (nSPS) is 21.0. The van der Waals surface area contributed by atoms with Crippen LogP contribution in [0.3, 0.4) is 0 Å². The third kappa shape index (κ3) is 6.01. The number of nitrogens with zero attached hydrogens (tertiary/aromatic N) is 3. The third-order valence-electron chi connectivity index (χ3n) is 9.55. The minimum Gasteiger partial charge on any atom is -0.381 e. The summed E-state index contributed by atoms with van der Waals surface area (Å²) < 4.78 is 24.6. The van der Waals surface area contributed by atoms with E-state index >= 15 is 0 Å². The molecule has 1 aromatic heterocycles. The Morgan fingerprint density at radius 1 is 1.00 bits per heavy atom. The number of carbonyl (C=O) groups is 1. The predicted molar refractivity (Wildman–Crippen MR) is 162 cm³/mol. The lowest BCUT2D eigenvalue weighted by Crippen LogP contribution is -2.62. The van der Waals surface area contributed by atoms with E-state index in [1.807, 2.05) is 19.1 Å². The molecule has 3 aliphatic heterocycles. The van der Waals surface area contributed by atoms with Crippen LogP contribution in [0, 0.1) is 17.2 Å². The second-order valence-corrected chi connectivity index (χ2v) is 12.9. The number of amides is 1. The van der Waals surface area contributed by atoms with Crippen LogP contribution in [0.5, 0.6) is 0 Å². The quantitative estimate of drug-likeness (QED) is 0.376. The van der Waals surface area contributed by atoms with Crippen LogP contribution in [0.2, 0.25) is 0 Å². The number of halogens is 1. The van der Waals surface area contributed by atoms with Gasteiger partial charge in [-0.3, -0.25) is 4.79 Å². The Labute approximate surface area is 252 Å². The average Bonchev–Trinajstić information content (AvgIpc) is 2.97. The van der Waals surface area contributed by atoms with Gasteiger partial charge in [0.1, 0.15) is 17.3 Å². The maximum absolute atomic E-state index is 13.8. The van der Waals surface area contributed by atoms with Crippen molar-refractivity contribution in [3.05, 3.63) is 100 Å². The Hall–Kier alpha value is -3.46. The lowest BCUT2D eigenvalue weighted by molar-refractivity contribution is -0.0917. The molecule has 7 rings (SSSR count). The molecule has 4 aliphatic rings. The van der Waals surface area contributed by atoms with Crippen molar-refractivity contribution in [2.45, 2.75) is 44.6 Å². The molecule has 1 spiro atoms. The van der Waals surface area contributed by atoms with Crippen molar-refractivity contribution in [2.75, 3.05) is 46.1 Å². The number of carbonyl (C=O) groups excluding carboxylic acids is 1. The van der Waals surface area contributed by atoms with Crippen molar-refractivity contribution in [3.8, 4) is 0 Å². The molecule has 0 radical (unpaired) electrons. The van der Waals surface area contributed by atoms with E-state index in [0.29, 0.717) is 30.2 Å². The van der Waals surface area contributed by atoms with Crippen LogP contribution >= 0.6 is 0 Å². The summed E-state index contributed by atoms with van der Waals surface area (Å²) in [7, 11) is 0. The summed E-state index contributed by atoms with van der Waals surface area (Å²) in [5, 5.41) is 3.11. The summed E-state index contributed by atoms with van der Waals surface area (Å²) >= 11 is 0. The largest absolute Gasteiger partial charge is 0.381 e. The minimum absolute atomic E-state index is 0.195. The van der Waals surface area contributed by atoms with Gasteiger partial charge in [-0.25, -0.2) is 14.4 Å². The molecule has 7 nitrogen and oxygen atoms in total. The lowest BCUT2D eigenvalue weighted by Gasteiger charge is -2.58. The topological polar surface area (TPSA) is 76.6 Å². The highest BCUT2D eigenvalue weighted by molar-refractivity contribution is 5.92. The fraction of sp³-hybridized carbons (Fsp3) is 0.457. The van der Waals surface area contributed by atoms with Crippen molar-refractivity contribution in [1.29, 1.82) is 0 Å². The molecule has 1 amide bonds. The lowest BCUT2D eigenvalue weighted by atomic mass is 9.58. The van der Waals surface area contributed by atoms with Gasteiger partial charge >= 0.3 is 0 Å². The molecule has 0 unspecified atom stereocenters. The van der Waals surface area contributed by atoms with Gasteiger partial charge in [0.25, 0.3) is 5.91 Å². The van der Waals surface area contributed by atoms with Gasteiger partial charge in [-0.2, -0.15) is 0 Å². The number of nitrogens with one attached hydrogen (secondary N) is 1. The first kappa shape index (κ1) is 28.3. The van der Waals surface area contributed by atoms with Crippen molar-refractivity contribution in [3.63, 3.8) is 0 Å². The van der Waals surface area contributed by atoms with Crippen molar-refractivity contribution in [2.24, 2.45) is 11.3 Å². The molecule has 1 saturated carbocycles. The molecule has 1 atom stereocenters. The number of aromatic nitrogens is 2. The molecular weight excluding hydrogens is 543 g/mol. The van der Waals surface area contributed by atoms with Gasteiger partial charge in [0.15, 0.2) is 0 Å². The van der Waals surface area contributed by atoms with Gasteiger partial charge in [-0.1, -0.05) is 42.0 Å².